The van der Waals surface area contributed by atoms with E-state index < -0.39 is 4.92 Å². The molecule has 0 unspecified atom stereocenters. The molecule has 12 nitrogen and oxygen atoms in total. The van der Waals surface area contributed by atoms with Gasteiger partial charge >= 0.3 is 6.03 Å². The maximum Gasteiger partial charge on any atom is 0.321 e. The van der Waals surface area contributed by atoms with E-state index >= 15 is 0 Å². The average Bonchev–Trinajstić information content (AvgIpc) is 3.36. The number of aromatic nitrogens is 4. The van der Waals surface area contributed by atoms with E-state index in [1.807, 2.05) is 9.47 Å². The molecule has 2 N–H and O–H groups in total. The summed E-state index contributed by atoms with van der Waals surface area (Å²) in [6.45, 7) is 6.59. The SMILES string of the molecule is C=CCNc1nc(N2CCN(C(=O)Nc3ccc(F)cc3)CC2)nc2c1ncn2Cc1ccc([N+](=O)[O-])cc1. The summed E-state index contributed by atoms with van der Waals surface area (Å²) in [5.41, 5.74) is 2.62. The molecule has 1 aliphatic rings. The summed E-state index contributed by atoms with van der Waals surface area (Å²) in [5, 5.41) is 17.0. The van der Waals surface area contributed by atoms with Crippen molar-refractivity contribution >= 4 is 40.3 Å². The number of imidazole rings is 1. The van der Waals surface area contributed by atoms with Crippen LogP contribution in [0.4, 0.5) is 32.3 Å². The van der Waals surface area contributed by atoms with E-state index in [2.05, 4.69) is 22.2 Å². The molecule has 0 bridgehead atoms. The smallest absolute Gasteiger partial charge is 0.321 e. The molecule has 2 aromatic heterocycles. The first-order valence-corrected chi connectivity index (χ1v) is 12.3. The predicted octanol–water partition coefficient (Wildman–Crippen LogP) is 3.87. The first-order valence-electron chi connectivity index (χ1n) is 12.3. The van der Waals surface area contributed by atoms with Crippen molar-refractivity contribution in [3.8, 4) is 0 Å². The fourth-order valence-corrected chi connectivity index (χ4v) is 4.25. The van der Waals surface area contributed by atoms with Gasteiger partial charge in [0.25, 0.3) is 5.69 Å². The molecular formula is C26H26FN9O3. The lowest BCUT2D eigenvalue weighted by molar-refractivity contribution is -0.384. The summed E-state index contributed by atoms with van der Waals surface area (Å²) in [7, 11) is 0. The molecular weight excluding hydrogens is 505 g/mol. The fraction of sp³-hybridized carbons (Fsp3) is 0.231. The largest absolute Gasteiger partial charge is 0.365 e. The highest BCUT2D eigenvalue weighted by Crippen LogP contribution is 2.25. The molecule has 1 aliphatic heterocycles. The van der Waals surface area contributed by atoms with Crippen molar-refractivity contribution in [1.82, 2.24) is 24.4 Å². The van der Waals surface area contributed by atoms with Gasteiger partial charge in [-0.15, -0.1) is 6.58 Å². The van der Waals surface area contributed by atoms with Crippen LogP contribution in [-0.4, -0.2) is 68.1 Å². The van der Waals surface area contributed by atoms with Crippen molar-refractivity contribution in [2.24, 2.45) is 0 Å². The summed E-state index contributed by atoms with van der Waals surface area (Å²) in [6.07, 6.45) is 3.39. The van der Waals surface area contributed by atoms with Crippen molar-refractivity contribution in [2.45, 2.75) is 6.54 Å². The Kier molecular flexibility index (Phi) is 7.30. The third-order valence-corrected chi connectivity index (χ3v) is 6.31. The first-order chi connectivity index (χ1) is 18.9. The maximum absolute atomic E-state index is 13.2. The number of nitro groups is 1. The van der Waals surface area contributed by atoms with E-state index in [1.54, 1.807) is 29.4 Å². The molecule has 200 valence electrons. The van der Waals surface area contributed by atoms with Crippen LogP contribution in [0.5, 0.6) is 0 Å². The standard InChI is InChI=1S/C26H26FN9O3/c1-2-11-28-23-22-24(35(17-29-22)16-18-3-9-21(10-4-18)36(38)39)32-25(31-23)33-12-14-34(15-13-33)26(37)30-20-7-5-19(27)6-8-20/h2-10,17H,1,11-16H2,(H,30,37)(H,28,31,32). The molecule has 5 rings (SSSR count). The van der Waals surface area contributed by atoms with Crippen molar-refractivity contribution in [2.75, 3.05) is 48.3 Å². The minimum atomic E-state index is -0.431. The van der Waals surface area contributed by atoms with Gasteiger partial charge in [0.2, 0.25) is 5.95 Å². The summed E-state index contributed by atoms with van der Waals surface area (Å²) < 4.78 is 15.0. The Labute approximate surface area is 222 Å². The van der Waals surface area contributed by atoms with Gasteiger partial charge in [-0.2, -0.15) is 9.97 Å². The molecule has 0 atom stereocenters. The van der Waals surface area contributed by atoms with Crippen LogP contribution < -0.4 is 15.5 Å². The number of nitrogens with one attached hydrogen (secondary N) is 2. The minimum Gasteiger partial charge on any atom is -0.365 e. The second-order valence-electron chi connectivity index (χ2n) is 8.92. The van der Waals surface area contributed by atoms with Crippen molar-refractivity contribution in [1.29, 1.82) is 0 Å². The van der Waals surface area contributed by atoms with Crippen molar-refractivity contribution in [3.05, 3.63) is 89.0 Å². The molecule has 4 aromatic rings. The first kappa shape index (κ1) is 25.6. The van der Waals surface area contributed by atoms with Gasteiger partial charge in [0.05, 0.1) is 17.8 Å². The lowest BCUT2D eigenvalue weighted by Crippen LogP contribution is -2.50. The normalized spacial score (nSPS) is 13.4. The van der Waals surface area contributed by atoms with Crippen LogP contribution in [0.15, 0.2) is 67.5 Å². The molecule has 3 heterocycles. The van der Waals surface area contributed by atoms with Crippen LogP contribution in [0.2, 0.25) is 0 Å². The monoisotopic (exact) mass is 531 g/mol. The highest BCUT2D eigenvalue weighted by atomic mass is 19.1. The molecule has 0 spiro atoms. The Hall–Kier alpha value is -5.07. The van der Waals surface area contributed by atoms with Crippen LogP contribution in [0.3, 0.4) is 0 Å². The number of hydrogen-bond acceptors (Lipinski definition) is 8. The number of amides is 2. The molecule has 2 aromatic carbocycles. The number of fused-ring (bicyclic) bond motifs is 1. The van der Waals surface area contributed by atoms with E-state index in [9.17, 15) is 19.3 Å². The van der Waals surface area contributed by atoms with Gasteiger partial charge in [-0.3, -0.25) is 10.1 Å². The molecule has 1 fully saturated rings. The van der Waals surface area contributed by atoms with Crippen LogP contribution in [0, 0.1) is 15.9 Å². The van der Waals surface area contributed by atoms with E-state index in [1.165, 1.54) is 36.4 Å². The summed E-state index contributed by atoms with van der Waals surface area (Å²) in [5.74, 6) is 0.696. The van der Waals surface area contributed by atoms with Gasteiger partial charge in [0.15, 0.2) is 17.0 Å². The fourth-order valence-electron chi connectivity index (χ4n) is 4.25. The van der Waals surface area contributed by atoms with Crippen LogP contribution in [0.1, 0.15) is 5.56 Å². The highest BCUT2D eigenvalue weighted by molar-refractivity contribution is 5.89. The van der Waals surface area contributed by atoms with E-state index in [4.69, 9.17) is 9.97 Å². The van der Waals surface area contributed by atoms with Gasteiger partial charge in [0.1, 0.15) is 5.82 Å². The zero-order valence-corrected chi connectivity index (χ0v) is 21.0. The number of carbonyl (C=O) groups excluding carboxylic acids is 1. The number of urea groups is 1. The van der Waals surface area contributed by atoms with Gasteiger partial charge in [-0.25, -0.2) is 14.2 Å². The Morgan fingerprint density at radius 3 is 2.46 bits per heavy atom. The number of anilines is 3. The third kappa shape index (κ3) is 5.76. The van der Waals surface area contributed by atoms with E-state index in [0.29, 0.717) is 67.9 Å². The Balaban J connectivity index is 1.34. The van der Waals surface area contributed by atoms with Crippen molar-refractivity contribution < 1.29 is 14.1 Å². The van der Waals surface area contributed by atoms with Gasteiger partial charge in [0, 0.05) is 50.5 Å². The average molecular weight is 532 g/mol. The molecule has 2 amide bonds. The summed E-state index contributed by atoms with van der Waals surface area (Å²) >= 11 is 0. The second kappa shape index (κ2) is 11.1. The number of benzene rings is 2. The molecule has 1 saturated heterocycles. The lowest BCUT2D eigenvalue weighted by atomic mass is 10.2. The quantitative estimate of drug-likeness (QED) is 0.199. The molecule has 0 saturated carbocycles. The third-order valence-electron chi connectivity index (χ3n) is 6.31. The number of carbonyl (C=O) groups is 1. The molecule has 0 radical (unpaired) electrons. The number of non-ortho nitro benzene ring substituents is 1. The van der Waals surface area contributed by atoms with E-state index in [-0.39, 0.29) is 17.5 Å². The predicted molar refractivity (Wildman–Crippen MR) is 145 cm³/mol. The number of halogens is 1. The molecule has 13 heteroatoms. The Morgan fingerprint density at radius 1 is 1.08 bits per heavy atom. The Bertz CT molecular complexity index is 1500. The zero-order valence-electron chi connectivity index (χ0n) is 21.0. The van der Waals surface area contributed by atoms with Gasteiger partial charge in [-0.1, -0.05) is 18.2 Å². The number of nitro benzene ring substituents is 1. The van der Waals surface area contributed by atoms with Gasteiger partial charge < -0.3 is 25.0 Å². The summed E-state index contributed by atoms with van der Waals surface area (Å²) in [6, 6.07) is 11.7. The second-order valence-corrected chi connectivity index (χ2v) is 8.92. The number of piperazine rings is 1. The minimum absolute atomic E-state index is 0.0280. The number of nitrogens with zero attached hydrogens (tertiary/aromatic N) is 7. The van der Waals surface area contributed by atoms with Crippen LogP contribution in [0.25, 0.3) is 11.2 Å². The lowest BCUT2D eigenvalue weighted by Gasteiger charge is -2.34. The van der Waals surface area contributed by atoms with E-state index in [0.717, 1.165) is 5.56 Å². The molecule has 0 aliphatic carbocycles. The number of rotatable bonds is 8. The highest BCUT2D eigenvalue weighted by Gasteiger charge is 2.24. The molecule has 39 heavy (non-hydrogen) atoms. The number of hydrogen-bond donors (Lipinski definition) is 2. The topological polar surface area (TPSA) is 134 Å². The summed E-state index contributed by atoms with van der Waals surface area (Å²) in [4.78, 5) is 41.0. The van der Waals surface area contributed by atoms with Crippen LogP contribution >= 0.6 is 0 Å². The van der Waals surface area contributed by atoms with Crippen molar-refractivity contribution in [3.63, 3.8) is 0 Å². The zero-order chi connectivity index (χ0) is 27.4. The van der Waals surface area contributed by atoms with Crippen LogP contribution in [-0.2, 0) is 6.54 Å². The maximum atomic E-state index is 13.2. The van der Waals surface area contributed by atoms with Gasteiger partial charge in [-0.05, 0) is 29.8 Å². The Morgan fingerprint density at radius 2 is 1.79 bits per heavy atom.